The van der Waals surface area contributed by atoms with E-state index >= 15 is 0 Å². The average Bonchev–Trinajstić information content (AvgIpc) is 3.77. The van der Waals surface area contributed by atoms with E-state index in [1.165, 1.54) is 33.3 Å². The van der Waals surface area contributed by atoms with Crippen molar-refractivity contribution >= 4 is 28.1 Å². The molecule has 8 nitrogen and oxygen atoms in total. The van der Waals surface area contributed by atoms with Crippen LogP contribution in [-0.2, 0) is 26.4 Å². The summed E-state index contributed by atoms with van der Waals surface area (Å²) < 4.78 is 23.2. The maximum Gasteiger partial charge on any atom is 0.184 e. The van der Waals surface area contributed by atoms with E-state index in [0.717, 1.165) is 56.6 Å². The fourth-order valence-electron chi connectivity index (χ4n) is 7.86. The van der Waals surface area contributed by atoms with Gasteiger partial charge in [0, 0.05) is 33.5 Å². The third-order valence-corrected chi connectivity index (χ3v) is 12.0. The number of ketones is 1. The van der Waals surface area contributed by atoms with E-state index in [9.17, 15) is 4.79 Å². The Balaban J connectivity index is 0.000000156. The first-order valence-electron chi connectivity index (χ1n) is 24.4. The average molecular weight is 964 g/mol. The molecule has 1 atom stereocenters. The number of aromatic amines is 1. The maximum absolute atomic E-state index is 12.8. The van der Waals surface area contributed by atoms with Gasteiger partial charge in [0.1, 0.15) is 49.4 Å². The molecular weight excluding hydrogens is 903 g/mol. The van der Waals surface area contributed by atoms with Crippen molar-refractivity contribution in [2.45, 2.75) is 53.2 Å². The van der Waals surface area contributed by atoms with Crippen molar-refractivity contribution < 1.29 is 23.7 Å². The van der Waals surface area contributed by atoms with Gasteiger partial charge in [-0.1, -0.05) is 151 Å². The second-order valence-corrected chi connectivity index (χ2v) is 17.6. The number of carbonyl (C=O) groups is 1. The molecule has 1 heterocycles. The van der Waals surface area contributed by atoms with Crippen LogP contribution in [0.15, 0.2) is 237 Å². The van der Waals surface area contributed by atoms with Crippen molar-refractivity contribution in [2.75, 3.05) is 11.1 Å². The van der Waals surface area contributed by atoms with Gasteiger partial charge in [0.05, 0.1) is 6.04 Å². The van der Waals surface area contributed by atoms with Gasteiger partial charge < -0.3 is 35.0 Å². The summed E-state index contributed by atoms with van der Waals surface area (Å²) in [5.74, 6) is 3.28. The molecule has 73 heavy (non-hydrogen) atoms. The smallest absolute Gasteiger partial charge is 0.184 e. The molecule has 0 aliphatic rings. The van der Waals surface area contributed by atoms with Gasteiger partial charge in [-0.25, -0.2) is 0 Å². The lowest BCUT2D eigenvalue weighted by molar-refractivity contribution is 0.0975. The molecule has 4 N–H and O–H groups in total. The van der Waals surface area contributed by atoms with Crippen LogP contribution in [0.4, 0.5) is 11.4 Å². The van der Waals surface area contributed by atoms with E-state index in [1.807, 2.05) is 183 Å². The van der Waals surface area contributed by atoms with Crippen molar-refractivity contribution in [3.05, 3.63) is 276 Å². The fraction of sp³-hybridized carbons (Fsp3) is 0.123. The Kier molecular flexibility index (Phi) is 17.8. The number of anilines is 2. The molecule has 1 aromatic heterocycles. The Morgan fingerprint density at radius 3 is 1.33 bits per heavy atom. The van der Waals surface area contributed by atoms with Crippen LogP contribution in [-0.4, -0.2) is 16.8 Å². The number of hydrogen-bond acceptors (Lipinski definition) is 7. The minimum Gasteiger partial charge on any atom is -0.489 e. The van der Waals surface area contributed by atoms with Gasteiger partial charge in [0.25, 0.3) is 0 Å². The van der Waals surface area contributed by atoms with E-state index in [2.05, 4.69) is 72.7 Å². The van der Waals surface area contributed by atoms with E-state index in [4.69, 9.17) is 24.7 Å². The molecule has 0 aliphatic heterocycles. The predicted octanol–water partition coefficient (Wildman–Crippen LogP) is 15.4. The van der Waals surface area contributed by atoms with Gasteiger partial charge in [-0.3, -0.25) is 4.79 Å². The van der Waals surface area contributed by atoms with Gasteiger partial charge in [-0.15, -0.1) is 0 Å². The van der Waals surface area contributed by atoms with Crippen molar-refractivity contribution in [1.29, 1.82) is 0 Å². The largest absolute Gasteiger partial charge is 0.489 e. The van der Waals surface area contributed by atoms with Gasteiger partial charge in [-0.2, -0.15) is 0 Å². The standard InChI is InChI=1S/C29H27NO3.C23H21NO.C13H13NO/c1-22(30-26-14-18-28(19-15-26)33-21-24-10-6-3-7-11-24)29(31)25-12-16-27(17-13-25)32-20-23-8-4-2-5-9-23;1-16-8-10-19(11-9-16)23-17(2)21-14-20(12-13-22(21)24-23)25-15-18-6-4-3-5-7-18;14-12-6-8-13(9-7-12)15-10-11-4-2-1-3-5-11/h2-19,22,30H,20-21H2,1H3;3-14,24H,15H2,1-2H3;1-9H,10,14H2. The predicted molar refractivity (Wildman–Crippen MR) is 297 cm³/mol. The van der Waals surface area contributed by atoms with Gasteiger partial charge in [0.15, 0.2) is 5.78 Å². The quantitative estimate of drug-likeness (QED) is 0.0616. The van der Waals surface area contributed by atoms with Crippen LogP contribution < -0.4 is 30.0 Å². The minimum atomic E-state index is -0.364. The van der Waals surface area contributed by atoms with Crippen molar-refractivity contribution in [1.82, 2.24) is 4.98 Å². The van der Waals surface area contributed by atoms with Crippen molar-refractivity contribution in [3.8, 4) is 34.3 Å². The zero-order valence-corrected chi connectivity index (χ0v) is 41.5. The monoisotopic (exact) mass is 963 g/mol. The number of aromatic nitrogens is 1. The number of fused-ring (bicyclic) bond motifs is 1. The van der Waals surface area contributed by atoms with Crippen LogP contribution >= 0.6 is 0 Å². The van der Waals surface area contributed by atoms with Crippen LogP contribution in [0.3, 0.4) is 0 Å². The summed E-state index contributed by atoms with van der Waals surface area (Å²) in [5.41, 5.74) is 18.5. The highest BCUT2D eigenvalue weighted by Gasteiger charge is 2.16. The Morgan fingerprint density at radius 1 is 0.479 bits per heavy atom. The maximum atomic E-state index is 12.8. The molecule has 10 aromatic rings. The molecule has 9 aromatic carbocycles. The first-order valence-corrected chi connectivity index (χ1v) is 24.4. The van der Waals surface area contributed by atoms with Crippen molar-refractivity contribution in [3.63, 3.8) is 0 Å². The SMILES string of the molecule is CC(Nc1ccc(OCc2ccccc2)cc1)C(=O)c1ccc(OCc2ccccc2)cc1.Cc1ccc(-c2[nH]c3ccc(OCc4ccccc4)cc3c2C)cc1.Nc1ccc(OCc2ccccc2)cc1. The third-order valence-electron chi connectivity index (χ3n) is 12.0. The summed E-state index contributed by atoms with van der Waals surface area (Å²) in [6.45, 7) is 8.32. The highest BCUT2D eigenvalue weighted by atomic mass is 16.5. The molecule has 0 saturated carbocycles. The van der Waals surface area contributed by atoms with Gasteiger partial charge in [0.2, 0.25) is 0 Å². The number of nitrogen functional groups attached to an aromatic ring is 1. The molecule has 0 saturated heterocycles. The van der Waals surface area contributed by atoms with Gasteiger partial charge >= 0.3 is 0 Å². The highest BCUT2D eigenvalue weighted by molar-refractivity contribution is 6.01. The highest BCUT2D eigenvalue weighted by Crippen LogP contribution is 2.32. The number of H-pyrrole nitrogens is 1. The van der Waals surface area contributed by atoms with Crippen LogP contribution in [0.1, 0.15) is 50.7 Å². The molecule has 0 fully saturated rings. The lowest BCUT2D eigenvalue weighted by Crippen LogP contribution is -2.26. The minimum absolute atomic E-state index is 0.0222. The molecule has 366 valence electrons. The molecule has 0 amide bonds. The van der Waals surface area contributed by atoms with Crippen LogP contribution in [0.25, 0.3) is 22.2 Å². The molecule has 10 rings (SSSR count). The summed E-state index contributed by atoms with van der Waals surface area (Å²) in [7, 11) is 0. The van der Waals surface area contributed by atoms with E-state index < -0.39 is 0 Å². The van der Waals surface area contributed by atoms with E-state index in [0.29, 0.717) is 32.0 Å². The number of rotatable bonds is 17. The summed E-state index contributed by atoms with van der Waals surface area (Å²) >= 11 is 0. The zero-order valence-electron chi connectivity index (χ0n) is 41.5. The topological polar surface area (TPSA) is 108 Å². The number of aryl methyl sites for hydroxylation is 2. The Hall–Kier alpha value is -9.01. The number of hydrogen-bond donors (Lipinski definition) is 3. The fourth-order valence-corrected chi connectivity index (χ4v) is 7.86. The van der Waals surface area contributed by atoms with Crippen molar-refractivity contribution in [2.24, 2.45) is 0 Å². The van der Waals surface area contributed by atoms with Gasteiger partial charge in [-0.05, 0) is 145 Å². The number of nitrogens with two attached hydrogens (primary N) is 1. The van der Waals surface area contributed by atoms with Crippen LogP contribution in [0, 0.1) is 13.8 Å². The first kappa shape index (κ1) is 50.4. The number of ether oxygens (including phenoxy) is 4. The van der Waals surface area contributed by atoms with E-state index in [1.54, 1.807) is 12.1 Å². The Morgan fingerprint density at radius 2 is 0.877 bits per heavy atom. The number of nitrogens with one attached hydrogen (secondary N) is 2. The van der Waals surface area contributed by atoms with E-state index in [-0.39, 0.29) is 11.8 Å². The molecule has 0 spiro atoms. The summed E-state index contributed by atoms with van der Waals surface area (Å²) in [4.78, 5) is 16.4. The second-order valence-electron chi connectivity index (χ2n) is 17.6. The first-order chi connectivity index (χ1) is 35.7. The second kappa shape index (κ2) is 25.7. The molecule has 0 aliphatic carbocycles. The number of benzene rings is 9. The Labute approximate surface area is 429 Å². The number of Topliss-reactive ketones (excluding diaryl/α,β-unsaturated/α-hetero) is 1. The zero-order chi connectivity index (χ0) is 50.6. The lowest BCUT2D eigenvalue weighted by atomic mass is 10.0. The molecule has 0 radical (unpaired) electrons. The third kappa shape index (κ3) is 15.2. The lowest BCUT2D eigenvalue weighted by Gasteiger charge is -2.15. The molecule has 8 heteroatoms. The summed E-state index contributed by atoms with van der Waals surface area (Å²) in [6.07, 6.45) is 0. The summed E-state index contributed by atoms with van der Waals surface area (Å²) in [5, 5.41) is 4.48. The summed E-state index contributed by atoms with van der Waals surface area (Å²) in [6, 6.07) is 77.2. The normalized spacial score (nSPS) is 10.9. The molecule has 0 bridgehead atoms. The van der Waals surface area contributed by atoms with Crippen LogP contribution in [0.2, 0.25) is 0 Å². The molecular formula is C65H61N3O5. The molecule has 1 unspecified atom stereocenters. The van der Waals surface area contributed by atoms with Crippen LogP contribution in [0.5, 0.6) is 23.0 Å². The number of carbonyl (C=O) groups excluding carboxylic acids is 1. The Bertz CT molecular complexity index is 3220.